The van der Waals surface area contributed by atoms with E-state index in [1.807, 2.05) is 42.8 Å². The summed E-state index contributed by atoms with van der Waals surface area (Å²) in [5, 5.41) is 5.88. The van der Waals surface area contributed by atoms with Crippen LogP contribution in [0.15, 0.2) is 45.4 Å². The lowest BCUT2D eigenvalue weighted by atomic mass is 10.2. The first-order chi connectivity index (χ1) is 10.1. The van der Waals surface area contributed by atoms with Crippen molar-refractivity contribution < 1.29 is 4.79 Å². The molecular weight excluding hydrogens is 352 g/mol. The van der Waals surface area contributed by atoms with E-state index in [0.29, 0.717) is 11.4 Å². The van der Waals surface area contributed by atoms with Crippen molar-refractivity contribution in [1.82, 2.24) is 14.8 Å². The molecule has 0 fully saturated rings. The zero-order chi connectivity index (χ0) is 14.8. The molecule has 1 amide bonds. The van der Waals surface area contributed by atoms with Crippen LogP contribution in [-0.4, -0.2) is 21.5 Å². The van der Waals surface area contributed by atoms with E-state index in [4.69, 9.17) is 0 Å². The number of aromatic nitrogens is 2. The number of thiazole rings is 1. The summed E-state index contributed by atoms with van der Waals surface area (Å²) in [6, 6.07) is 7.65. The summed E-state index contributed by atoms with van der Waals surface area (Å²) in [7, 11) is 0. The number of carbonyl (C=O) groups is 1. The minimum atomic E-state index is -0.273. The molecular formula is C14H11BrN4OS. The van der Waals surface area contributed by atoms with Crippen LogP contribution in [0.4, 0.5) is 0 Å². The van der Waals surface area contributed by atoms with E-state index in [0.717, 1.165) is 15.0 Å². The highest BCUT2D eigenvalue weighted by atomic mass is 79.9. The average molecular weight is 363 g/mol. The molecule has 3 rings (SSSR count). The van der Waals surface area contributed by atoms with Crippen LogP contribution in [0, 0.1) is 6.92 Å². The molecule has 0 radical (unpaired) electrons. The fourth-order valence-electron chi connectivity index (χ4n) is 1.97. The van der Waals surface area contributed by atoms with Crippen molar-refractivity contribution in [3.63, 3.8) is 0 Å². The van der Waals surface area contributed by atoms with Crippen LogP contribution in [0.5, 0.6) is 0 Å². The van der Waals surface area contributed by atoms with Gasteiger partial charge in [0.15, 0.2) is 4.96 Å². The number of nitrogens with one attached hydrogen (secondary N) is 1. The third-order valence-corrected chi connectivity index (χ3v) is 4.13. The van der Waals surface area contributed by atoms with Crippen molar-refractivity contribution in [3.05, 3.63) is 57.3 Å². The monoisotopic (exact) mass is 362 g/mol. The summed E-state index contributed by atoms with van der Waals surface area (Å²) < 4.78 is 2.73. The first-order valence-electron chi connectivity index (χ1n) is 6.16. The van der Waals surface area contributed by atoms with Gasteiger partial charge in [0, 0.05) is 16.0 Å². The fourth-order valence-corrected chi connectivity index (χ4v) is 3.15. The maximum Gasteiger partial charge on any atom is 0.290 e. The van der Waals surface area contributed by atoms with Gasteiger partial charge in [0.2, 0.25) is 0 Å². The number of rotatable bonds is 3. The van der Waals surface area contributed by atoms with E-state index >= 15 is 0 Å². The zero-order valence-electron chi connectivity index (χ0n) is 11.1. The summed E-state index contributed by atoms with van der Waals surface area (Å²) in [4.78, 5) is 17.3. The number of carbonyl (C=O) groups excluding carboxylic acids is 1. The molecule has 0 spiro atoms. The first-order valence-corrected chi connectivity index (χ1v) is 7.83. The van der Waals surface area contributed by atoms with Crippen molar-refractivity contribution >= 4 is 44.3 Å². The summed E-state index contributed by atoms with van der Waals surface area (Å²) in [6.07, 6.45) is 3.43. The maximum atomic E-state index is 12.2. The summed E-state index contributed by atoms with van der Waals surface area (Å²) in [5.74, 6) is -0.273. The van der Waals surface area contributed by atoms with E-state index in [-0.39, 0.29) is 5.91 Å². The van der Waals surface area contributed by atoms with Crippen LogP contribution in [0.25, 0.3) is 4.96 Å². The van der Waals surface area contributed by atoms with Gasteiger partial charge < -0.3 is 0 Å². The number of hydrogen-bond donors (Lipinski definition) is 1. The van der Waals surface area contributed by atoms with Crippen molar-refractivity contribution in [2.45, 2.75) is 6.92 Å². The Hall–Kier alpha value is -1.99. The molecule has 5 nitrogen and oxygen atoms in total. The molecule has 21 heavy (non-hydrogen) atoms. The molecule has 0 saturated carbocycles. The standard InChI is InChI=1S/C14H11BrN4OS/c1-9-12(19-5-6-21-14(19)17-9)13(20)18-16-8-10-3-2-4-11(15)7-10/h2-8H,1H3,(H,18,20)/b16-8-. The second-order valence-electron chi connectivity index (χ2n) is 4.36. The number of fused-ring (bicyclic) bond motifs is 1. The SMILES string of the molecule is Cc1nc2sccn2c1C(=O)N/N=C\c1cccc(Br)c1. The number of halogens is 1. The third-order valence-electron chi connectivity index (χ3n) is 2.88. The lowest BCUT2D eigenvalue weighted by Gasteiger charge is -1.99. The van der Waals surface area contributed by atoms with Gasteiger partial charge in [0.1, 0.15) is 5.69 Å². The molecule has 0 saturated heterocycles. The maximum absolute atomic E-state index is 12.2. The summed E-state index contributed by atoms with van der Waals surface area (Å²) >= 11 is 4.88. The lowest BCUT2D eigenvalue weighted by molar-refractivity contribution is 0.0948. The van der Waals surface area contributed by atoms with Crippen LogP contribution in [0.3, 0.4) is 0 Å². The van der Waals surface area contributed by atoms with Gasteiger partial charge >= 0.3 is 0 Å². The Kier molecular flexibility index (Phi) is 3.85. The predicted molar refractivity (Wildman–Crippen MR) is 87.0 cm³/mol. The van der Waals surface area contributed by atoms with Gasteiger partial charge in [-0.1, -0.05) is 28.1 Å². The molecule has 7 heteroatoms. The van der Waals surface area contributed by atoms with Crippen molar-refractivity contribution in [1.29, 1.82) is 0 Å². The smallest absolute Gasteiger partial charge is 0.286 e. The first kappa shape index (κ1) is 14.0. The van der Waals surface area contributed by atoms with Gasteiger partial charge in [-0.3, -0.25) is 9.20 Å². The minimum Gasteiger partial charge on any atom is -0.286 e. The van der Waals surface area contributed by atoms with E-state index < -0.39 is 0 Å². The van der Waals surface area contributed by atoms with Crippen molar-refractivity contribution in [2.24, 2.45) is 5.10 Å². The number of hydrogen-bond acceptors (Lipinski definition) is 4. The molecule has 0 atom stereocenters. The Morgan fingerprint density at radius 1 is 1.52 bits per heavy atom. The van der Waals surface area contributed by atoms with Gasteiger partial charge in [-0.15, -0.1) is 11.3 Å². The molecule has 1 N–H and O–H groups in total. The number of nitrogens with zero attached hydrogens (tertiary/aromatic N) is 3. The summed E-state index contributed by atoms with van der Waals surface area (Å²) in [6.45, 7) is 1.81. The minimum absolute atomic E-state index is 0.273. The highest BCUT2D eigenvalue weighted by Gasteiger charge is 2.16. The Morgan fingerprint density at radius 2 is 2.38 bits per heavy atom. The second kappa shape index (κ2) is 5.79. The molecule has 0 bridgehead atoms. The Bertz CT molecular complexity index is 836. The van der Waals surface area contributed by atoms with E-state index in [1.54, 1.807) is 10.6 Å². The normalized spacial score (nSPS) is 11.3. The Morgan fingerprint density at radius 3 is 3.19 bits per heavy atom. The van der Waals surface area contributed by atoms with Gasteiger partial charge in [-0.25, -0.2) is 10.4 Å². The topological polar surface area (TPSA) is 58.8 Å². The predicted octanol–water partition coefficient (Wildman–Crippen LogP) is 3.23. The number of hydrazone groups is 1. The quantitative estimate of drug-likeness (QED) is 0.574. The fraction of sp³-hybridized carbons (Fsp3) is 0.0714. The highest BCUT2D eigenvalue weighted by Crippen LogP contribution is 2.16. The van der Waals surface area contributed by atoms with Crippen LogP contribution >= 0.6 is 27.3 Å². The van der Waals surface area contributed by atoms with Crippen LogP contribution in [-0.2, 0) is 0 Å². The van der Waals surface area contributed by atoms with E-state index in [2.05, 4.69) is 31.4 Å². The lowest BCUT2D eigenvalue weighted by Crippen LogP contribution is -2.20. The largest absolute Gasteiger partial charge is 0.290 e. The number of amides is 1. The average Bonchev–Trinajstić information content (AvgIpc) is 2.98. The Balaban J connectivity index is 1.77. The zero-order valence-corrected chi connectivity index (χ0v) is 13.5. The second-order valence-corrected chi connectivity index (χ2v) is 6.14. The molecule has 0 aliphatic heterocycles. The highest BCUT2D eigenvalue weighted by molar-refractivity contribution is 9.10. The molecule has 0 unspecified atom stereocenters. The molecule has 0 aliphatic rings. The van der Waals surface area contributed by atoms with Gasteiger partial charge in [-0.05, 0) is 24.6 Å². The Labute approximate surface area is 133 Å². The number of imidazole rings is 1. The number of aryl methyl sites for hydroxylation is 1. The van der Waals surface area contributed by atoms with Crippen LogP contribution in [0.1, 0.15) is 21.7 Å². The molecule has 3 aromatic rings. The van der Waals surface area contributed by atoms with Gasteiger partial charge in [0.25, 0.3) is 5.91 Å². The van der Waals surface area contributed by atoms with E-state index in [9.17, 15) is 4.79 Å². The van der Waals surface area contributed by atoms with Gasteiger partial charge in [0.05, 0.1) is 11.9 Å². The van der Waals surface area contributed by atoms with Crippen molar-refractivity contribution in [3.8, 4) is 0 Å². The van der Waals surface area contributed by atoms with Crippen molar-refractivity contribution in [2.75, 3.05) is 0 Å². The van der Waals surface area contributed by atoms with E-state index in [1.165, 1.54) is 11.3 Å². The molecule has 2 aromatic heterocycles. The van der Waals surface area contributed by atoms with Crippen LogP contribution in [0.2, 0.25) is 0 Å². The third kappa shape index (κ3) is 2.88. The molecule has 1 aromatic carbocycles. The molecule has 0 aliphatic carbocycles. The molecule has 106 valence electrons. The number of benzene rings is 1. The molecule has 2 heterocycles. The summed E-state index contributed by atoms with van der Waals surface area (Å²) in [5.41, 5.74) is 4.64. The van der Waals surface area contributed by atoms with Gasteiger partial charge in [-0.2, -0.15) is 5.10 Å². The van der Waals surface area contributed by atoms with Crippen LogP contribution < -0.4 is 5.43 Å².